The molecule has 0 unspecified atom stereocenters. The summed E-state index contributed by atoms with van der Waals surface area (Å²) >= 11 is 0. The second kappa shape index (κ2) is 10.1. The molecule has 2 aromatic rings. The number of carbonyl (C=O) groups is 2. The summed E-state index contributed by atoms with van der Waals surface area (Å²) in [4.78, 5) is 24.8. The Hall–Kier alpha value is -3.02. The van der Waals surface area contributed by atoms with Gasteiger partial charge in [-0.05, 0) is 82.3 Å². The first-order valence-electron chi connectivity index (χ1n) is 11.6. The Morgan fingerprint density at radius 3 is 1.35 bits per heavy atom. The number of carboxylic acid groups (broad SMARTS) is 2. The first kappa shape index (κ1) is 27.2. The summed E-state index contributed by atoms with van der Waals surface area (Å²) in [6, 6.07) is 14.6. The Kier molecular flexibility index (Phi) is 8.07. The number of hydrogen-bond acceptors (Lipinski definition) is 4. The molecule has 2 aromatic carbocycles. The van der Waals surface area contributed by atoms with Crippen LogP contribution in [0.2, 0.25) is 0 Å². The highest BCUT2D eigenvalue weighted by atomic mass is 16.5. The minimum Gasteiger partial charge on any atom is -0.491 e. The third kappa shape index (κ3) is 5.21. The van der Waals surface area contributed by atoms with E-state index in [4.69, 9.17) is 9.47 Å². The van der Waals surface area contributed by atoms with Crippen molar-refractivity contribution in [2.24, 2.45) is 10.8 Å². The SMILES string of the molecule is CC(C)Oc1ccc(C(CC(=O)O)(c2ccc(OC(C)C)cc2)C(C)(C)C(C)(C)C(=O)O)cc1. The number of hydrogen-bond donors (Lipinski definition) is 2. The molecule has 0 bridgehead atoms. The van der Waals surface area contributed by atoms with Gasteiger partial charge >= 0.3 is 11.9 Å². The minimum absolute atomic E-state index is 0.00878. The summed E-state index contributed by atoms with van der Waals surface area (Å²) in [5, 5.41) is 20.3. The largest absolute Gasteiger partial charge is 0.491 e. The predicted molar refractivity (Wildman–Crippen MR) is 133 cm³/mol. The van der Waals surface area contributed by atoms with Gasteiger partial charge in [-0.3, -0.25) is 9.59 Å². The molecular formula is C28H38O6. The molecule has 2 rings (SSSR count). The van der Waals surface area contributed by atoms with Crippen LogP contribution < -0.4 is 9.47 Å². The molecule has 0 aliphatic rings. The zero-order valence-electron chi connectivity index (χ0n) is 21.5. The Labute approximate surface area is 202 Å². The molecule has 34 heavy (non-hydrogen) atoms. The van der Waals surface area contributed by atoms with E-state index in [0.717, 1.165) is 0 Å². The Balaban J connectivity index is 2.85. The van der Waals surface area contributed by atoms with Crippen LogP contribution in [0, 0.1) is 10.8 Å². The second-order valence-corrected chi connectivity index (χ2v) is 10.4. The van der Waals surface area contributed by atoms with Crippen LogP contribution in [0.5, 0.6) is 11.5 Å². The summed E-state index contributed by atoms with van der Waals surface area (Å²) in [6.07, 6.45) is -0.304. The lowest BCUT2D eigenvalue weighted by Crippen LogP contribution is -2.55. The van der Waals surface area contributed by atoms with Gasteiger partial charge in [-0.1, -0.05) is 38.1 Å². The van der Waals surface area contributed by atoms with Crippen molar-refractivity contribution in [1.82, 2.24) is 0 Å². The fourth-order valence-electron chi connectivity index (χ4n) is 4.52. The summed E-state index contributed by atoms with van der Waals surface area (Å²) in [5.74, 6) is -0.677. The van der Waals surface area contributed by atoms with E-state index in [2.05, 4.69) is 0 Å². The molecule has 186 valence electrons. The molecule has 0 fully saturated rings. The average Bonchev–Trinajstić information content (AvgIpc) is 2.72. The maximum atomic E-state index is 12.4. The van der Waals surface area contributed by atoms with E-state index < -0.39 is 28.2 Å². The summed E-state index contributed by atoms with van der Waals surface area (Å²) in [5.41, 5.74) is -2.02. The summed E-state index contributed by atoms with van der Waals surface area (Å²) < 4.78 is 11.6. The second-order valence-electron chi connectivity index (χ2n) is 10.4. The molecule has 0 heterocycles. The quantitative estimate of drug-likeness (QED) is 0.409. The Morgan fingerprint density at radius 1 is 0.735 bits per heavy atom. The van der Waals surface area contributed by atoms with E-state index in [9.17, 15) is 19.8 Å². The number of ether oxygens (including phenoxy) is 2. The van der Waals surface area contributed by atoms with E-state index in [-0.39, 0.29) is 18.6 Å². The monoisotopic (exact) mass is 470 g/mol. The van der Waals surface area contributed by atoms with Gasteiger partial charge in [0.2, 0.25) is 0 Å². The molecule has 6 heteroatoms. The van der Waals surface area contributed by atoms with Gasteiger partial charge in [-0.25, -0.2) is 0 Å². The summed E-state index contributed by atoms with van der Waals surface area (Å²) in [6.45, 7) is 14.7. The molecule has 0 aliphatic heterocycles. The maximum Gasteiger partial charge on any atom is 0.309 e. The van der Waals surface area contributed by atoms with Gasteiger partial charge in [0.1, 0.15) is 11.5 Å². The summed E-state index contributed by atoms with van der Waals surface area (Å²) in [7, 11) is 0. The average molecular weight is 471 g/mol. The van der Waals surface area contributed by atoms with Crippen molar-refractivity contribution >= 4 is 11.9 Å². The van der Waals surface area contributed by atoms with Gasteiger partial charge in [0.05, 0.1) is 24.0 Å². The highest BCUT2D eigenvalue weighted by molar-refractivity contribution is 5.77. The van der Waals surface area contributed by atoms with Crippen LogP contribution >= 0.6 is 0 Å². The van der Waals surface area contributed by atoms with E-state index >= 15 is 0 Å². The van der Waals surface area contributed by atoms with Crippen molar-refractivity contribution in [3.63, 3.8) is 0 Å². The third-order valence-electron chi connectivity index (χ3n) is 7.02. The van der Waals surface area contributed by atoms with E-state index in [1.54, 1.807) is 13.8 Å². The molecule has 0 radical (unpaired) electrons. The van der Waals surface area contributed by atoms with Crippen LogP contribution in [-0.2, 0) is 15.0 Å². The highest BCUT2D eigenvalue weighted by Gasteiger charge is 2.58. The predicted octanol–water partition coefficient (Wildman–Crippen LogP) is 6.16. The van der Waals surface area contributed by atoms with Crippen molar-refractivity contribution in [2.75, 3.05) is 0 Å². The normalized spacial score (nSPS) is 12.6. The fraction of sp³-hybridized carbons (Fsp3) is 0.500. The molecule has 6 nitrogen and oxygen atoms in total. The Morgan fingerprint density at radius 2 is 1.09 bits per heavy atom. The third-order valence-corrected chi connectivity index (χ3v) is 7.02. The van der Waals surface area contributed by atoms with Crippen LogP contribution in [0.4, 0.5) is 0 Å². The number of rotatable bonds is 11. The van der Waals surface area contributed by atoms with Gasteiger partial charge < -0.3 is 19.7 Å². The molecule has 0 aliphatic carbocycles. The van der Waals surface area contributed by atoms with Crippen molar-refractivity contribution < 1.29 is 29.3 Å². The molecule has 0 saturated carbocycles. The Bertz CT molecular complexity index is 931. The maximum absolute atomic E-state index is 12.4. The first-order chi connectivity index (χ1) is 15.6. The van der Waals surface area contributed by atoms with Crippen LogP contribution in [0.25, 0.3) is 0 Å². The molecular weight excluding hydrogens is 432 g/mol. The highest BCUT2D eigenvalue weighted by Crippen LogP contribution is 2.58. The van der Waals surface area contributed by atoms with E-state index in [1.807, 2.05) is 90.1 Å². The molecule has 0 aromatic heterocycles. The topological polar surface area (TPSA) is 93.1 Å². The molecule has 0 saturated heterocycles. The first-order valence-corrected chi connectivity index (χ1v) is 11.6. The molecule has 0 amide bonds. The standard InChI is InChI=1S/C28H38O6/c1-18(2)33-22-13-9-20(10-14-22)28(17-24(29)30,27(7,8)26(5,6)25(31)32)21-11-15-23(16-12-21)34-19(3)4/h9-16,18-19H,17H2,1-8H3,(H,29,30)(H,31,32). The minimum atomic E-state index is -1.26. The lowest BCUT2D eigenvalue weighted by atomic mass is 9.48. The van der Waals surface area contributed by atoms with Gasteiger partial charge in [-0.15, -0.1) is 0 Å². The van der Waals surface area contributed by atoms with Crippen LogP contribution in [0.3, 0.4) is 0 Å². The van der Waals surface area contributed by atoms with E-state index in [1.165, 1.54) is 0 Å². The van der Waals surface area contributed by atoms with Gasteiger partial charge in [-0.2, -0.15) is 0 Å². The van der Waals surface area contributed by atoms with E-state index in [0.29, 0.717) is 22.6 Å². The van der Waals surface area contributed by atoms with Gasteiger partial charge in [0.15, 0.2) is 0 Å². The van der Waals surface area contributed by atoms with Crippen molar-refractivity contribution in [3.05, 3.63) is 59.7 Å². The lowest BCUT2D eigenvalue weighted by molar-refractivity contribution is -0.159. The number of aliphatic carboxylic acids is 2. The smallest absolute Gasteiger partial charge is 0.309 e. The zero-order valence-corrected chi connectivity index (χ0v) is 21.5. The van der Waals surface area contributed by atoms with Crippen LogP contribution in [0.15, 0.2) is 48.5 Å². The lowest BCUT2D eigenvalue weighted by Gasteiger charge is -2.53. The zero-order chi connectivity index (χ0) is 25.9. The molecule has 2 N–H and O–H groups in total. The van der Waals surface area contributed by atoms with Gasteiger partial charge in [0, 0.05) is 5.41 Å². The van der Waals surface area contributed by atoms with Crippen molar-refractivity contribution in [3.8, 4) is 11.5 Å². The fourth-order valence-corrected chi connectivity index (χ4v) is 4.52. The van der Waals surface area contributed by atoms with Crippen molar-refractivity contribution in [1.29, 1.82) is 0 Å². The van der Waals surface area contributed by atoms with Crippen LogP contribution in [0.1, 0.15) is 72.9 Å². The number of carboxylic acids is 2. The molecule has 0 atom stereocenters. The van der Waals surface area contributed by atoms with Crippen molar-refractivity contribution in [2.45, 2.75) is 79.4 Å². The molecule has 0 spiro atoms. The van der Waals surface area contributed by atoms with Gasteiger partial charge in [0.25, 0.3) is 0 Å². The number of benzene rings is 2. The van der Waals surface area contributed by atoms with Crippen LogP contribution in [-0.4, -0.2) is 34.4 Å².